The highest BCUT2D eigenvalue weighted by Crippen LogP contribution is 2.30. The zero-order valence-corrected chi connectivity index (χ0v) is 16.1. The summed E-state index contributed by atoms with van der Waals surface area (Å²) in [5, 5.41) is 6.78. The Balaban J connectivity index is 1.51. The van der Waals surface area contributed by atoms with Crippen LogP contribution in [0.25, 0.3) is 11.3 Å². The van der Waals surface area contributed by atoms with Crippen molar-refractivity contribution in [2.75, 3.05) is 13.7 Å². The molecule has 0 saturated heterocycles. The lowest BCUT2D eigenvalue weighted by atomic mass is 10.2. The van der Waals surface area contributed by atoms with E-state index in [1.807, 2.05) is 6.07 Å². The van der Waals surface area contributed by atoms with Gasteiger partial charge in [-0.2, -0.15) is 5.10 Å². The highest BCUT2D eigenvalue weighted by atomic mass is 35.5. The number of nitrogens with one attached hydrogen (secondary N) is 2. The highest BCUT2D eigenvalue weighted by molar-refractivity contribution is 6.32. The zero-order chi connectivity index (χ0) is 20.6. The summed E-state index contributed by atoms with van der Waals surface area (Å²) < 4.78 is 10.8. The minimum atomic E-state index is -0.475. The first-order valence-electron chi connectivity index (χ1n) is 8.50. The molecule has 2 aromatic heterocycles. The molecule has 9 heteroatoms. The molecule has 2 heterocycles. The zero-order valence-electron chi connectivity index (χ0n) is 15.4. The number of pyridine rings is 1. The van der Waals surface area contributed by atoms with Gasteiger partial charge in [-0.15, -0.1) is 0 Å². The Kier molecular flexibility index (Phi) is 6.59. The Labute approximate surface area is 171 Å². The number of amides is 2. The highest BCUT2D eigenvalue weighted by Gasteiger charge is 2.08. The normalized spacial score (nSPS) is 10.7. The average molecular weight is 413 g/mol. The second kappa shape index (κ2) is 9.52. The summed E-state index contributed by atoms with van der Waals surface area (Å²) in [6, 6.07) is 11.9. The van der Waals surface area contributed by atoms with Crippen molar-refractivity contribution in [3.8, 4) is 17.1 Å². The third kappa shape index (κ3) is 5.43. The van der Waals surface area contributed by atoms with E-state index in [1.165, 1.54) is 18.6 Å². The van der Waals surface area contributed by atoms with E-state index in [4.69, 9.17) is 20.8 Å². The van der Waals surface area contributed by atoms with Gasteiger partial charge in [-0.25, -0.2) is 5.43 Å². The molecule has 0 aliphatic carbocycles. The van der Waals surface area contributed by atoms with Gasteiger partial charge >= 0.3 is 0 Å². The molecule has 0 bridgehead atoms. The van der Waals surface area contributed by atoms with Gasteiger partial charge < -0.3 is 14.5 Å². The summed E-state index contributed by atoms with van der Waals surface area (Å²) in [5.74, 6) is 0.750. The van der Waals surface area contributed by atoms with Crippen molar-refractivity contribution in [2.45, 2.75) is 0 Å². The Bertz CT molecular complexity index is 1030. The summed E-state index contributed by atoms with van der Waals surface area (Å²) in [4.78, 5) is 27.5. The summed E-state index contributed by atoms with van der Waals surface area (Å²) in [5.41, 5.74) is 3.51. The minimum absolute atomic E-state index is 0.216. The van der Waals surface area contributed by atoms with Crippen LogP contribution < -0.4 is 15.5 Å². The van der Waals surface area contributed by atoms with Crippen molar-refractivity contribution < 1.29 is 18.7 Å². The van der Waals surface area contributed by atoms with E-state index in [1.54, 1.807) is 43.5 Å². The maximum atomic E-state index is 11.9. The molecule has 148 valence electrons. The molecule has 0 saturated carbocycles. The van der Waals surface area contributed by atoms with Gasteiger partial charge in [0.1, 0.15) is 17.3 Å². The smallest absolute Gasteiger partial charge is 0.259 e. The number of hydrogen-bond donors (Lipinski definition) is 2. The van der Waals surface area contributed by atoms with E-state index in [-0.39, 0.29) is 12.5 Å². The van der Waals surface area contributed by atoms with Crippen molar-refractivity contribution in [3.63, 3.8) is 0 Å². The molecule has 2 amide bonds. The van der Waals surface area contributed by atoms with Crippen LogP contribution >= 0.6 is 11.6 Å². The predicted molar refractivity (Wildman–Crippen MR) is 108 cm³/mol. The second-order valence-electron chi connectivity index (χ2n) is 5.76. The van der Waals surface area contributed by atoms with Crippen molar-refractivity contribution in [1.29, 1.82) is 0 Å². The fourth-order valence-electron chi connectivity index (χ4n) is 2.37. The van der Waals surface area contributed by atoms with E-state index in [2.05, 4.69) is 20.8 Å². The maximum Gasteiger partial charge on any atom is 0.259 e. The van der Waals surface area contributed by atoms with E-state index in [9.17, 15) is 9.59 Å². The predicted octanol–water partition coefficient (Wildman–Crippen LogP) is 2.88. The molecule has 0 spiro atoms. The average Bonchev–Trinajstić information content (AvgIpc) is 3.21. The summed E-state index contributed by atoms with van der Waals surface area (Å²) in [7, 11) is 1.54. The molecule has 0 radical (unpaired) electrons. The first-order valence-corrected chi connectivity index (χ1v) is 8.88. The van der Waals surface area contributed by atoms with Crippen molar-refractivity contribution in [2.24, 2.45) is 5.10 Å². The van der Waals surface area contributed by atoms with Crippen molar-refractivity contribution in [3.05, 3.63) is 71.2 Å². The van der Waals surface area contributed by atoms with E-state index < -0.39 is 5.91 Å². The first kappa shape index (κ1) is 20.1. The van der Waals surface area contributed by atoms with Crippen LogP contribution in [0, 0.1) is 0 Å². The Morgan fingerprint density at radius 2 is 2.00 bits per heavy atom. The molecule has 2 N–H and O–H groups in total. The number of furan rings is 1. The largest absolute Gasteiger partial charge is 0.495 e. The topological polar surface area (TPSA) is 106 Å². The fraction of sp³-hybridized carbons (Fsp3) is 0.100. The fourth-order valence-corrected chi connectivity index (χ4v) is 2.63. The van der Waals surface area contributed by atoms with Crippen LogP contribution in [-0.2, 0) is 4.79 Å². The molecule has 0 atom stereocenters. The third-order valence-corrected chi connectivity index (χ3v) is 4.09. The number of rotatable bonds is 7. The monoisotopic (exact) mass is 412 g/mol. The Morgan fingerprint density at radius 1 is 1.21 bits per heavy atom. The Morgan fingerprint density at radius 3 is 2.72 bits per heavy atom. The summed E-state index contributed by atoms with van der Waals surface area (Å²) in [6.07, 6.45) is 4.35. The molecule has 0 unspecified atom stereocenters. The number of carbonyl (C=O) groups excluding carboxylic acids is 2. The number of carbonyl (C=O) groups is 2. The lowest BCUT2D eigenvalue weighted by Gasteiger charge is -2.04. The van der Waals surface area contributed by atoms with Crippen LogP contribution in [0.2, 0.25) is 5.02 Å². The number of methoxy groups -OCH3 is 1. The lowest BCUT2D eigenvalue weighted by molar-refractivity contribution is -0.120. The van der Waals surface area contributed by atoms with Gasteiger partial charge in [-0.1, -0.05) is 11.6 Å². The van der Waals surface area contributed by atoms with Gasteiger partial charge in [0.15, 0.2) is 0 Å². The van der Waals surface area contributed by atoms with Gasteiger partial charge in [-0.05, 0) is 42.5 Å². The molecule has 3 rings (SSSR count). The number of hydrazone groups is 1. The number of aromatic nitrogens is 1. The van der Waals surface area contributed by atoms with Crippen LogP contribution in [0.3, 0.4) is 0 Å². The van der Waals surface area contributed by atoms with Gasteiger partial charge in [0, 0.05) is 23.5 Å². The molecule has 0 fully saturated rings. The molecule has 3 aromatic rings. The second-order valence-corrected chi connectivity index (χ2v) is 6.17. The number of nitrogens with zero attached hydrogens (tertiary/aromatic N) is 2. The van der Waals surface area contributed by atoms with Gasteiger partial charge in [0.25, 0.3) is 11.8 Å². The molecule has 1 aromatic carbocycles. The summed E-state index contributed by atoms with van der Waals surface area (Å²) >= 11 is 6.12. The van der Waals surface area contributed by atoms with Gasteiger partial charge in [0.05, 0.1) is 24.9 Å². The van der Waals surface area contributed by atoms with Crippen molar-refractivity contribution in [1.82, 2.24) is 15.7 Å². The van der Waals surface area contributed by atoms with Crippen LogP contribution in [-0.4, -0.2) is 36.7 Å². The minimum Gasteiger partial charge on any atom is -0.495 e. The van der Waals surface area contributed by atoms with Crippen molar-refractivity contribution >= 4 is 29.6 Å². The molecular formula is C20H17ClN4O4. The third-order valence-electron chi connectivity index (χ3n) is 3.80. The SMILES string of the molecule is COc1ccc(-c2ccc(C=NNC(=O)CNC(=O)c3ccncc3)o2)cc1Cl. The van der Waals surface area contributed by atoms with Crippen LogP contribution in [0.4, 0.5) is 0 Å². The lowest BCUT2D eigenvalue weighted by Crippen LogP contribution is -2.34. The maximum absolute atomic E-state index is 11.9. The molecular weight excluding hydrogens is 396 g/mol. The van der Waals surface area contributed by atoms with Crippen LogP contribution in [0.5, 0.6) is 5.75 Å². The molecule has 0 aliphatic rings. The Hall–Kier alpha value is -3.65. The van der Waals surface area contributed by atoms with E-state index in [0.717, 1.165) is 5.56 Å². The molecule has 29 heavy (non-hydrogen) atoms. The number of halogens is 1. The molecule has 0 aliphatic heterocycles. The van der Waals surface area contributed by atoms with Crippen LogP contribution in [0.1, 0.15) is 16.1 Å². The summed E-state index contributed by atoms with van der Waals surface area (Å²) in [6.45, 7) is -0.216. The van der Waals surface area contributed by atoms with Gasteiger partial charge in [0.2, 0.25) is 0 Å². The number of hydrogen-bond acceptors (Lipinski definition) is 6. The molecule has 8 nitrogen and oxygen atoms in total. The quantitative estimate of drug-likeness (QED) is 0.458. The number of ether oxygens (including phenoxy) is 1. The standard InChI is InChI=1S/C20H17ClN4O4/c1-28-18-4-2-14(10-16(18)21)17-5-3-15(29-17)11-24-25-19(26)12-23-20(27)13-6-8-22-9-7-13/h2-11H,12H2,1H3,(H,23,27)(H,25,26). The number of benzene rings is 1. The first-order chi connectivity index (χ1) is 14.1. The van der Waals surface area contributed by atoms with E-state index >= 15 is 0 Å². The van der Waals surface area contributed by atoms with Crippen LogP contribution in [0.15, 0.2) is 64.4 Å². The van der Waals surface area contributed by atoms with Gasteiger partial charge in [-0.3, -0.25) is 14.6 Å². The van der Waals surface area contributed by atoms with E-state index in [0.29, 0.717) is 27.9 Å².